The predicted molar refractivity (Wildman–Crippen MR) is 49.5 cm³/mol. The zero-order valence-corrected chi connectivity index (χ0v) is 7.81. The molecule has 0 spiro atoms. The Morgan fingerprint density at radius 2 is 2.38 bits per heavy atom. The molecule has 2 nitrogen and oxygen atoms in total. The molecule has 1 unspecified atom stereocenters. The molecule has 0 saturated carbocycles. The summed E-state index contributed by atoms with van der Waals surface area (Å²) in [6.07, 6.45) is 3.55. The van der Waals surface area contributed by atoms with E-state index in [1.807, 2.05) is 0 Å². The predicted octanol–water partition coefficient (Wildman–Crippen LogP) is 1.89. The van der Waals surface area contributed by atoms with E-state index in [-0.39, 0.29) is 0 Å². The number of hydrogen-bond donors (Lipinski definition) is 1. The average Bonchev–Trinajstić information content (AvgIpc) is 2.54. The lowest BCUT2D eigenvalue weighted by Crippen LogP contribution is -2.23. The molecule has 1 atom stereocenters. The van der Waals surface area contributed by atoms with E-state index in [2.05, 4.69) is 10.3 Å². The summed E-state index contributed by atoms with van der Waals surface area (Å²) in [5.74, 6) is 0. The van der Waals surface area contributed by atoms with Crippen molar-refractivity contribution >= 4 is 11.6 Å². The second kappa shape index (κ2) is 3.24. The molecule has 0 radical (unpaired) electrons. The van der Waals surface area contributed by atoms with E-state index in [0.717, 1.165) is 0 Å². The Kier molecular flexibility index (Phi) is 2.22. The van der Waals surface area contributed by atoms with Crippen LogP contribution in [0.4, 0.5) is 4.39 Å². The topological polar surface area (TPSA) is 24.9 Å². The second-order valence-corrected chi connectivity index (χ2v) is 3.72. The first-order valence-corrected chi connectivity index (χ1v) is 4.59. The van der Waals surface area contributed by atoms with E-state index in [1.54, 1.807) is 12.3 Å². The van der Waals surface area contributed by atoms with E-state index >= 15 is 0 Å². The third kappa shape index (κ3) is 1.67. The highest BCUT2D eigenvalue weighted by Crippen LogP contribution is 2.32. The smallest absolute Gasteiger partial charge is 0.151 e. The summed E-state index contributed by atoms with van der Waals surface area (Å²) in [4.78, 5) is 3.87. The summed E-state index contributed by atoms with van der Waals surface area (Å²) >= 11 is 5.74. The Bertz CT molecular complexity index is 310. The number of hydrogen-bond acceptors (Lipinski definition) is 2. The second-order valence-electron chi connectivity index (χ2n) is 3.28. The van der Waals surface area contributed by atoms with Gasteiger partial charge in [-0.05, 0) is 19.0 Å². The molecule has 13 heavy (non-hydrogen) atoms. The van der Waals surface area contributed by atoms with Gasteiger partial charge in [0.1, 0.15) is 0 Å². The highest BCUT2D eigenvalue weighted by molar-refractivity contribution is 6.30. The quantitative estimate of drug-likeness (QED) is 0.749. The van der Waals surface area contributed by atoms with Gasteiger partial charge in [-0.15, -0.1) is 0 Å². The maximum absolute atomic E-state index is 14.1. The van der Waals surface area contributed by atoms with Crippen molar-refractivity contribution in [2.75, 3.05) is 13.1 Å². The number of pyridine rings is 1. The van der Waals surface area contributed by atoms with Crippen LogP contribution in [0.5, 0.6) is 0 Å². The standard InChI is InChI=1S/C9H10ClFN2/c10-8-3-7(4-13-5-8)9(11)1-2-12-6-9/h3-5,12H,1-2,6H2. The van der Waals surface area contributed by atoms with E-state index in [0.29, 0.717) is 30.1 Å². The fourth-order valence-corrected chi connectivity index (χ4v) is 1.74. The Morgan fingerprint density at radius 3 is 3.00 bits per heavy atom. The molecule has 1 fully saturated rings. The van der Waals surface area contributed by atoms with Crippen LogP contribution in [0.25, 0.3) is 0 Å². The van der Waals surface area contributed by atoms with Crippen LogP contribution >= 0.6 is 11.6 Å². The molecule has 1 N–H and O–H groups in total. The van der Waals surface area contributed by atoms with Crippen LogP contribution in [0.15, 0.2) is 18.5 Å². The molecular formula is C9H10ClFN2. The van der Waals surface area contributed by atoms with Crippen molar-refractivity contribution in [2.45, 2.75) is 12.1 Å². The Morgan fingerprint density at radius 1 is 1.54 bits per heavy atom. The monoisotopic (exact) mass is 200 g/mol. The Labute approximate surface area is 81.1 Å². The van der Waals surface area contributed by atoms with Gasteiger partial charge in [0, 0.05) is 24.5 Å². The van der Waals surface area contributed by atoms with Gasteiger partial charge in [-0.3, -0.25) is 4.98 Å². The lowest BCUT2D eigenvalue weighted by Gasteiger charge is -2.17. The Hall–Kier alpha value is -0.670. The van der Waals surface area contributed by atoms with Gasteiger partial charge in [0.2, 0.25) is 0 Å². The number of rotatable bonds is 1. The molecule has 1 aliphatic heterocycles. The molecule has 0 bridgehead atoms. The van der Waals surface area contributed by atoms with Crippen LogP contribution in [0.1, 0.15) is 12.0 Å². The zero-order chi connectivity index (χ0) is 9.31. The minimum atomic E-state index is -1.28. The van der Waals surface area contributed by atoms with Crippen LogP contribution in [-0.2, 0) is 5.67 Å². The van der Waals surface area contributed by atoms with Crippen molar-refractivity contribution in [1.82, 2.24) is 10.3 Å². The van der Waals surface area contributed by atoms with Crippen LogP contribution in [0.3, 0.4) is 0 Å². The maximum Gasteiger partial charge on any atom is 0.151 e. The maximum atomic E-state index is 14.1. The summed E-state index contributed by atoms with van der Waals surface area (Å²) in [5, 5.41) is 3.47. The summed E-state index contributed by atoms with van der Waals surface area (Å²) in [6, 6.07) is 1.64. The molecule has 1 saturated heterocycles. The zero-order valence-electron chi connectivity index (χ0n) is 7.06. The molecule has 1 aliphatic rings. The first kappa shape index (κ1) is 8.91. The van der Waals surface area contributed by atoms with Gasteiger partial charge in [-0.25, -0.2) is 4.39 Å². The van der Waals surface area contributed by atoms with E-state index in [4.69, 9.17) is 11.6 Å². The summed E-state index contributed by atoms with van der Waals surface area (Å²) < 4.78 is 14.1. The lowest BCUT2D eigenvalue weighted by molar-refractivity contribution is 0.193. The largest absolute Gasteiger partial charge is 0.313 e. The summed E-state index contributed by atoms with van der Waals surface area (Å²) in [6.45, 7) is 1.07. The highest BCUT2D eigenvalue weighted by Gasteiger charge is 2.35. The van der Waals surface area contributed by atoms with Crippen molar-refractivity contribution in [2.24, 2.45) is 0 Å². The van der Waals surface area contributed by atoms with Crippen molar-refractivity contribution in [3.8, 4) is 0 Å². The third-order valence-electron chi connectivity index (χ3n) is 2.33. The van der Waals surface area contributed by atoms with E-state index < -0.39 is 5.67 Å². The average molecular weight is 201 g/mol. The molecule has 4 heteroatoms. The normalized spacial score (nSPS) is 27.8. The van der Waals surface area contributed by atoms with Gasteiger partial charge in [-0.1, -0.05) is 11.6 Å². The number of nitrogens with one attached hydrogen (secondary N) is 1. The van der Waals surface area contributed by atoms with Gasteiger partial charge >= 0.3 is 0 Å². The van der Waals surface area contributed by atoms with Crippen LogP contribution in [0, 0.1) is 0 Å². The first-order valence-electron chi connectivity index (χ1n) is 4.21. The molecule has 0 aliphatic carbocycles. The molecule has 1 aromatic rings. The molecule has 2 heterocycles. The molecule has 2 rings (SSSR count). The van der Waals surface area contributed by atoms with E-state index in [9.17, 15) is 4.39 Å². The van der Waals surface area contributed by atoms with Crippen molar-refractivity contribution in [3.63, 3.8) is 0 Å². The van der Waals surface area contributed by atoms with Crippen LogP contribution < -0.4 is 5.32 Å². The minimum Gasteiger partial charge on any atom is -0.313 e. The van der Waals surface area contributed by atoms with Gasteiger partial charge in [0.05, 0.1) is 5.02 Å². The fourth-order valence-electron chi connectivity index (χ4n) is 1.56. The first-order chi connectivity index (χ1) is 6.21. The fraction of sp³-hybridized carbons (Fsp3) is 0.444. The molecule has 70 valence electrons. The van der Waals surface area contributed by atoms with Gasteiger partial charge in [0.15, 0.2) is 5.67 Å². The lowest BCUT2D eigenvalue weighted by atomic mass is 9.97. The summed E-state index contributed by atoms with van der Waals surface area (Å²) in [7, 11) is 0. The van der Waals surface area contributed by atoms with Crippen molar-refractivity contribution < 1.29 is 4.39 Å². The van der Waals surface area contributed by atoms with Crippen LogP contribution in [0.2, 0.25) is 5.02 Å². The van der Waals surface area contributed by atoms with Gasteiger partial charge < -0.3 is 5.32 Å². The number of aromatic nitrogens is 1. The minimum absolute atomic E-state index is 0.356. The molecular weight excluding hydrogens is 191 g/mol. The van der Waals surface area contributed by atoms with Crippen LogP contribution in [-0.4, -0.2) is 18.1 Å². The van der Waals surface area contributed by atoms with E-state index in [1.165, 1.54) is 6.20 Å². The molecule has 0 aromatic carbocycles. The summed E-state index contributed by atoms with van der Waals surface area (Å²) in [5.41, 5.74) is -0.706. The highest BCUT2D eigenvalue weighted by atomic mass is 35.5. The number of nitrogens with zero attached hydrogens (tertiary/aromatic N) is 1. The van der Waals surface area contributed by atoms with Gasteiger partial charge in [0.25, 0.3) is 0 Å². The number of alkyl halides is 1. The van der Waals surface area contributed by atoms with Crippen molar-refractivity contribution in [1.29, 1.82) is 0 Å². The Balaban J connectivity index is 2.33. The molecule has 0 amide bonds. The van der Waals surface area contributed by atoms with Gasteiger partial charge in [-0.2, -0.15) is 0 Å². The molecule has 1 aromatic heterocycles. The van der Waals surface area contributed by atoms with Crippen molar-refractivity contribution in [3.05, 3.63) is 29.0 Å². The number of halogens is 2. The SMILES string of the molecule is FC1(c2cncc(Cl)c2)CCNC1. The third-order valence-corrected chi connectivity index (χ3v) is 2.53.